The van der Waals surface area contributed by atoms with Crippen LogP contribution in [0.1, 0.15) is 26.2 Å². The highest BCUT2D eigenvalue weighted by Gasteiger charge is 2.54. The van der Waals surface area contributed by atoms with Crippen LogP contribution in [0.15, 0.2) is 11.3 Å². The zero-order chi connectivity index (χ0) is 21.0. The molecule has 0 aromatic carbocycles. The summed E-state index contributed by atoms with van der Waals surface area (Å²) in [4.78, 5) is 58.7. The van der Waals surface area contributed by atoms with Gasteiger partial charge in [0.15, 0.2) is 0 Å². The average Bonchev–Trinajstić information content (AvgIpc) is 2.62. The van der Waals surface area contributed by atoms with Gasteiger partial charge in [-0.2, -0.15) is 0 Å². The fourth-order valence-electron chi connectivity index (χ4n) is 2.85. The van der Waals surface area contributed by atoms with Crippen LogP contribution in [0.2, 0.25) is 0 Å². The van der Waals surface area contributed by atoms with Gasteiger partial charge in [0.1, 0.15) is 23.7 Å². The third-order valence-electron chi connectivity index (χ3n) is 4.24. The number of carbonyl (C=O) groups is 5. The molecule has 2 heterocycles. The molecule has 1 fully saturated rings. The van der Waals surface area contributed by atoms with Crippen LogP contribution in [0.5, 0.6) is 0 Å². The number of β-lactam (4-membered cyclic amide) rings is 1. The van der Waals surface area contributed by atoms with Crippen molar-refractivity contribution in [3.8, 4) is 0 Å². The molecule has 3 atom stereocenters. The number of carbonyl (C=O) groups excluding carboxylic acids is 3. The Bertz CT molecular complexity index is 737. The summed E-state index contributed by atoms with van der Waals surface area (Å²) in [6.07, 6.45) is 0.249. The first-order valence-corrected chi connectivity index (χ1v) is 9.49. The van der Waals surface area contributed by atoms with Crippen molar-refractivity contribution >= 4 is 41.5 Å². The van der Waals surface area contributed by atoms with Gasteiger partial charge in [-0.1, -0.05) is 0 Å². The van der Waals surface area contributed by atoms with Gasteiger partial charge in [0.2, 0.25) is 5.91 Å². The number of aliphatic carboxylic acids is 2. The summed E-state index contributed by atoms with van der Waals surface area (Å²) in [5, 5.41) is 20.0. The molecule has 1 saturated heterocycles. The van der Waals surface area contributed by atoms with Crippen molar-refractivity contribution in [3.63, 3.8) is 0 Å². The molecular weight excluding hydrogens is 394 g/mol. The van der Waals surface area contributed by atoms with E-state index in [1.165, 1.54) is 18.7 Å². The Morgan fingerprint density at radius 1 is 1.36 bits per heavy atom. The number of hydrogen-bond acceptors (Lipinski definition) is 8. The third-order valence-corrected chi connectivity index (χ3v) is 5.58. The number of rotatable bonds is 9. The molecule has 0 radical (unpaired) electrons. The monoisotopic (exact) mass is 415 g/mol. The molecule has 0 aromatic heterocycles. The van der Waals surface area contributed by atoms with Crippen LogP contribution in [-0.2, 0) is 28.7 Å². The molecule has 0 saturated carbocycles. The molecule has 2 aliphatic heterocycles. The van der Waals surface area contributed by atoms with Crippen LogP contribution >= 0.6 is 11.8 Å². The van der Waals surface area contributed by atoms with E-state index in [9.17, 15) is 29.1 Å². The quantitative estimate of drug-likeness (QED) is 0.266. The van der Waals surface area contributed by atoms with E-state index in [-0.39, 0.29) is 37.3 Å². The lowest BCUT2D eigenvalue weighted by molar-refractivity contribution is -0.151. The van der Waals surface area contributed by atoms with Crippen LogP contribution in [0.4, 0.5) is 0 Å². The summed E-state index contributed by atoms with van der Waals surface area (Å²) >= 11 is 1.24. The van der Waals surface area contributed by atoms with Gasteiger partial charge in [-0.05, 0) is 12.8 Å². The van der Waals surface area contributed by atoms with Crippen LogP contribution in [-0.4, -0.2) is 74.7 Å². The van der Waals surface area contributed by atoms with Crippen molar-refractivity contribution in [1.29, 1.82) is 0 Å². The Morgan fingerprint density at radius 3 is 2.61 bits per heavy atom. The van der Waals surface area contributed by atoms with Gasteiger partial charge >= 0.3 is 17.9 Å². The molecule has 12 heteroatoms. The molecule has 28 heavy (non-hydrogen) atoms. The Hall–Kier alpha value is -2.60. The van der Waals surface area contributed by atoms with Gasteiger partial charge in [-0.3, -0.25) is 24.1 Å². The van der Waals surface area contributed by atoms with Gasteiger partial charge in [0, 0.05) is 24.7 Å². The minimum absolute atomic E-state index is 0.118. The van der Waals surface area contributed by atoms with Gasteiger partial charge in [0.25, 0.3) is 5.91 Å². The number of ether oxygens (including phenoxy) is 1. The summed E-state index contributed by atoms with van der Waals surface area (Å²) in [5.41, 5.74) is 5.78. The fourth-order valence-corrected chi connectivity index (χ4v) is 4.17. The summed E-state index contributed by atoms with van der Waals surface area (Å²) in [6, 6.07) is -1.89. The highest BCUT2D eigenvalue weighted by molar-refractivity contribution is 8.00. The molecule has 11 nitrogen and oxygen atoms in total. The normalized spacial score (nSPS) is 22.1. The second-order valence-electron chi connectivity index (χ2n) is 6.33. The molecule has 2 amide bonds. The highest BCUT2D eigenvalue weighted by Crippen LogP contribution is 2.40. The van der Waals surface area contributed by atoms with E-state index in [1.807, 2.05) is 0 Å². The van der Waals surface area contributed by atoms with Crippen LogP contribution in [0.25, 0.3) is 0 Å². The van der Waals surface area contributed by atoms with Crippen molar-refractivity contribution in [3.05, 3.63) is 11.3 Å². The number of nitrogens with one attached hydrogen (secondary N) is 1. The minimum atomic E-state index is -1.32. The molecule has 1 unspecified atom stereocenters. The lowest BCUT2D eigenvalue weighted by atomic mass is 10.0. The van der Waals surface area contributed by atoms with Crippen LogP contribution in [0.3, 0.4) is 0 Å². The first kappa shape index (κ1) is 21.7. The van der Waals surface area contributed by atoms with Gasteiger partial charge < -0.3 is 26.0 Å². The molecular formula is C16H21N3O8S. The molecule has 2 aliphatic rings. The highest BCUT2D eigenvalue weighted by atomic mass is 32.2. The Kier molecular flexibility index (Phi) is 7.02. The number of amides is 2. The van der Waals surface area contributed by atoms with E-state index in [4.69, 9.17) is 15.6 Å². The zero-order valence-electron chi connectivity index (χ0n) is 15.0. The molecule has 0 aliphatic carbocycles. The van der Waals surface area contributed by atoms with E-state index < -0.39 is 47.2 Å². The number of carboxylic acid groups (broad SMARTS) is 2. The predicted octanol–water partition coefficient (Wildman–Crippen LogP) is -1.13. The molecule has 0 aromatic rings. The second kappa shape index (κ2) is 9.06. The van der Waals surface area contributed by atoms with Crippen molar-refractivity contribution in [1.82, 2.24) is 10.2 Å². The number of nitrogens with two attached hydrogens (primary N) is 1. The lowest BCUT2D eigenvalue weighted by Gasteiger charge is -2.49. The van der Waals surface area contributed by atoms with Gasteiger partial charge in [0.05, 0.1) is 6.04 Å². The Morgan fingerprint density at radius 2 is 2.04 bits per heavy atom. The predicted molar refractivity (Wildman–Crippen MR) is 95.8 cm³/mol. The number of fused-ring (bicyclic) bond motifs is 1. The number of carboxylic acids is 2. The van der Waals surface area contributed by atoms with Crippen molar-refractivity contribution < 1.29 is 38.9 Å². The Labute approximate surface area is 164 Å². The van der Waals surface area contributed by atoms with Crippen molar-refractivity contribution in [2.45, 2.75) is 43.6 Å². The second-order valence-corrected chi connectivity index (χ2v) is 7.43. The summed E-state index contributed by atoms with van der Waals surface area (Å²) in [7, 11) is 0. The number of thioether (sulfide) groups is 1. The zero-order valence-corrected chi connectivity index (χ0v) is 15.9. The van der Waals surface area contributed by atoms with Crippen molar-refractivity contribution in [2.75, 3.05) is 12.4 Å². The summed E-state index contributed by atoms with van der Waals surface area (Å²) in [6.45, 7) is 0.964. The SMILES string of the molecule is CC(=O)OCC1=C(C(=O)O)N2C(=O)[C@@H](NC(=O)C(N)CCCC(=O)O)[C@H]2SC1. The molecule has 5 N–H and O–H groups in total. The number of nitrogens with zero attached hydrogens (tertiary/aromatic N) is 1. The topological polar surface area (TPSA) is 176 Å². The summed E-state index contributed by atoms with van der Waals surface area (Å²) < 4.78 is 4.84. The number of hydrogen-bond donors (Lipinski definition) is 4. The standard InChI is InChI=1S/C16H21N3O8S/c1-7(20)27-5-8-6-28-15-11(14(24)19(15)12(8)16(25)26)18-13(23)9(17)3-2-4-10(21)22/h9,11,15H,2-6,17H2,1H3,(H,18,23)(H,21,22)(H,25,26)/t9?,11-,15-/m1/s1. The first-order chi connectivity index (χ1) is 13.1. The first-order valence-electron chi connectivity index (χ1n) is 8.44. The lowest BCUT2D eigenvalue weighted by Crippen LogP contribution is -2.71. The average molecular weight is 415 g/mol. The molecule has 0 spiro atoms. The third kappa shape index (κ3) is 4.81. The van der Waals surface area contributed by atoms with E-state index >= 15 is 0 Å². The van der Waals surface area contributed by atoms with Gasteiger partial charge in [-0.15, -0.1) is 11.8 Å². The Balaban J connectivity index is 2.01. The van der Waals surface area contributed by atoms with E-state index in [1.54, 1.807) is 0 Å². The van der Waals surface area contributed by atoms with E-state index in [0.29, 0.717) is 5.57 Å². The van der Waals surface area contributed by atoms with Gasteiger partial charge in [-0.25, -0.2) is 4.79 Å². The van der Waals surface area contributed by atoms with Crippen LogP contribution < -0.4 is 11.1 Å². The summed E-state index contributed by atoms with van der Waals surface area (Å²) in [5.74, 6) is -3.86. The largest absolute Gasteiger partial charge is 0.481 e. The number of esters is 1. The van der Waals surface area contributed by atoms with Crippen molar-refractivity contribution in [2.24, 2.45) is 5.73 Å². The molecule has 2 rings (SSSR count). The maximum Gasteiger partial charge on any atom is 0.352 e. The molecule has 0 bridgehead atoms. The maximum atomic E-state index is 12.4. The molecule has 154 valence electrons. The minimum Gasteiger partial charge on any atom is -0.481 e. The van der Waals surface area contributed by atoms with E-state index in [2.05, 4.69) is 5.32 Å². The fraction of sp³-hybridized carbons (Fsp3) is 0.562. The smallest absolute Gasteiger partial charge is 0.352 e. The van der Waals surface area contributed by atoms with E-state index in [0.717, 1.165) is 4.90 Å². The van der Waals surface area contributed by atoms with Crippen LogP contribution in [0, 0.1) is 0 Å². The maximum absolute atomic E-state index is 12.4.